The van der Waals surface area contributed by atoms with Gasteiger partial charge >= 0.3 is 5.97 Å². The molecule has 0 heterocycles. The monoisotopic (exact) mass is 349 g/mol. The molecule has 1 rings (SSSR count). The molecule has 0 bridgehead atoms. The SMILES string of the molecule is CCNC(=NCCCC(=O)OCC)N(C)Cc1ccc(OCC)cc1. The van der Waals surface area contributed by atoms with Crippen molar-refractivity contribution in [2.24, 2.45) is 4.99 Å². The largest absolute Gasteiger partial charge is 0.494 e. The normalized spacial score (nSPS) is 11.1. The minimum absolute atomic E-state index is 0.162. The zero-order chi connectivity index (χ0) is 18.5. The number of rotatable bonds is 10. The van der Waals surface area contributed by atoms with E-state index in [2.05, 4.69) is 27.3 Å². The average Bonchev–Trinajstić information content (AvgIpc) is 2.60. The Bertz CT molecular complexity index is 529. The molecule has 1 N–H and O–H groups in total. The van der Waals surface area contributed by atoms with Crippen LogP contribution in [-0.4, -0.2) is 50.2 Å². The minimum Gasteiger partial charge on any atom is -0.494 e. The molecule has 6 heteroatoms. The maximum absolute atomic E-state index is 11.4. The summed E-state index contributed by atoms with van der Waals surface area (Å²) in [5.74, 6) is 1.55. The second kappa shape index (κ2) is 12.2. The van der Waals surface area contributed by atoms with E-state index in [1.807, 2.05) is 40.0 Å². The van der Waals surface area contributed by atoms with Crippen molar-refractivity contribution >= 4 is 11.9 Å². The van der Waals surface area contributed by atoms with Gasteiger partial charge in [-0.15, -0.1) is 0 Å². The predicted octanol–water partition coefficient (Wildman–Crippen LogP) is 2.83. The van der Waals surface area contributed by atoms with Crippen molar-refractivity contribution in [2.45, 2.75) is 40.2 Å². The molecule has 0 saturated carbocycles. The highest BCUT2D eigenvalue weighted by molar-refractivity contribution is 5.79. The molecule has 1 aromatic rings. The summed E-state index contributed by atoms with van der Waals surface area (Å²) >= 11 is 0. The molecule has 0 aromatic heterocycles. The lowest BCUT2D eigenvalue weighted by Gasteiger charge is -2.22. The maximum atomic E-state index is 11.4. The van der Waals surface area contributed by atoms with Gasteiger partial charge in [0.25, 0.3) is 0 Å². The van der Waals surface area contributed by atoms with Gasteiger partial charge in [0.05, 0.1) is 13.2 Å². The van der Waals surface area contributed by atoms with Crippen LogP contribution in [-0.2, 0) is 16.1 Å². The van der Waals surface area contributed by atoms with E-state index in [0.29, 0.717) is 32.6 Å². The fourth-order valence-corrected chi connectivity index (χ4v) is 2.32. The first kappa shape index (κ1) is 20.8. The summed E-state index contributed by atoms with van der Waals surface area (Å²) in [5, 5.41) is 3.28. The molecular formula is C19H31N3O3. The number of nitrogens with zero attached hydrogens (tertiary/aromatic N) is 2. The molecule has 0 fully saturated rings. The van der Waals surface area contributed by atoms with Crippen LogP contribution in [0.3, 0.4) is 0 Å². The van der Waals surface area contributed by atoms with E-state index in [1.54, 1.807) is 0 Å². The standard InChI is InChI=1S/C19H31N3O3/c1-5-20-19(21-14-8-9-18(23)25-7-3)22(4)15-16-10-12-17(13-11-16)24-6-2/h10-13H,5-9,14-15H2,1-4H3,(H,20,21). The van der Waals surface area contributed by atoms with Crippen LogP contribution in [0.15, 0.2) is 29.3 Å². The van der Waals surface area contributed by atoms with Gasteiger partial charge in [0.2, 0.25) is 0 Å². The Kier molecular flexibility index (Phi) is 10.1. The summed E-state index contributed by atoms with van der Waals surface area (Å²) < 4.78 is 10.4. The molecule has 0 saturated heterocycles. The number of hydrogen-bond donors (Lipinski definition) is 1. The molecule has 0 unspecified atom stereocenters. The smallest absolute Gasteiger partial charge is 0.305 e. The van der Waals surface area contributed by atoms with Gasteiger partial charge in [0.1, 0.15) is 5.75 Å². The van der Waals surface area contributed by atoms with Crippen molar-refractivity contribution in [2.75, 3.05) is 33.4 Å². The molecule has 0 aliphatic heterocycles. The van der Waals surface area contributed by atoms with E-state index in [1.165, 1.54) is 5.56 Å². The molecule has 1 aromatic carbocycles. The van der Waals surface area contributed by atoms with E-state index in [-0.39, 0.29) is 5.97 Å². The molecule has 0 aliphatic carbocycles. The van der Waals surface area contributed by atoms with Crippen LogP contribution in [0, 0.1) is 0 Å². The zero-order valence-corrected chi connectivity index (χ0v) is 15.9. The molecule has 140 valence electrons. The van der Waals surface area contributed by atoms with Crippen LogP contribution < -0.4 is 10.1 Å². The lowest BCUT2D eigenvalue weighted by Crippen LogP contribution is -2.38. The Hall–Kier alpha value is -2.24. The quantitative estimate of drug-likeness (QED) is 0.305. The van der Waals surface area contributed by atoms with Gasteiger partial charge in [-0.3, -0.25) is 9.79 Å². The lowest BCUT2D eigenvalue weighted by atomic mass is 10.2. The molecule has 0 spiro atoms. The third-order valence-corrected chi connectivity index (χ3v) is 3.46. The Morgan fingerprint density at radius 2 is 1.88 bits per heavy atom. The number of carbonyl (C=O) groups excluding carboxylic acids is 1. The van der Waals surface area contributed by atoms with Crippen molar-refractivity contribution in [1.82, 2.24) is 10.2 Å². The van der Waals surface area contributed by atoms with Gasteiger partial charge in [-0.1, -0.05) is 12.1 Å². The van der Waals surface area contributed by atoms with Crippen molar-refractivity contribution in [3.63, 3.8) is 0 Å². The van der Waals surface area contributed by atoms with Gasteiger partial charge < -0.3 is 19.7 Å². The first-order valence-electron chi connectivity index (χ1n) is 8.97. The number of benzene rings is 1. The first-order valence-corrected chi connectivity index (χ1v) is 8.97. The molecular weight excluding hydrogens is 318 g/mol. The predicted molar refractivity (Wildman–Crippen MR) is 101 cm³/mol. The second-order valence-electron chi connectivity index (χ2n) is 5.58. The number of hydrogen-bond acceptors (Lipinski definition) is 4. The Balaban J connectivity index is 2.55. The van der Waals surface area contributed by atoms with Crippen molar-refractivity contribution in [3.8, 4) is 5.75 Å². The van der Waals surface area contributed by atoms with E-state index in [0.717, 1.165) is 24.8 Å². The summed E-state index contributed by atoms with van der Waals surface area (Å²) in [5.41, 5.74) is 1.18. The number of guanidine groups is 1. The Morgan fingerprint density at radius 3 is 2.48 bits per heavy atom. The van der Waals surface area contributed by atoms with Crippen LogP contribution in [0.2, 0.25) is 0 Å². The summed E-state index contributed by atoms with van der Waals surface area (Å²) in [6, 6.07) is 8.09. The third-order valence-electron chi connectivity index (χ3n) is 3.46. The second-order valence-corrected chi connectivity index (χ2v) is 5.58. The highest BCUT2D eigenvalue weighted by atomic mass is 16.5. The summed E-state index contributed by atoms with van der Waals surface area (Å²) in [6.45, 7) is 9.06. The molecule has 0 aliphatic rings. The highest BCUT2D eigenvalue weighted by Gasteiger charge is 2.07. The fourth-order valence-electron chi connectivity index (χ4n) is 2.32. The van der Waals surface area contributed by atoms with E-state index < -0.39 is 0 Å². The van der Waals surface area contributed by atoms with Crippen molar-refractivity contribution < 1.29 is 14.3 Å². The summed E-state index contributed by atoms with van der Waals surface area (Å²) in [7, 11) is 2.00. The topological polar surface area (TPSA) is 63.2 Å². The van der Waals surface area contributed by atoms with E-state index >= 15 is 0 Å². The summed E-state index contributed by atoms with van der Waals surface area (Å²) in [4.78, 5) is 18.0. The molecule has 6 nitrogen and oxygen atoms in total. The maximum Gasteiger partial charge on any atom is 0.305 e. The van der Waals surface area contributed by atoms with Crippen LogP contribution in [0.1, 0.15) is 39.2 Å². The third kappa shape index (κ3) is 8.42. The van der Waals surface area contributed by atoms with Gasteiger partial charge in [0.15, 0.2) is 5.96 Å². The highest BCUT2D eigenvalue weighted by Crippen LogP contribution is 2.13. The number of aliphatic imine (C=N–C) groups is 1. The summed E-state index contributed by atoms with van der Waals surface area (Å²) in [6.07, 6.45) is 1.09. The number of ether oxygens (including phenoxy) is 2. The number of carbonyl (C=O) groups is 1. The van der Waals surface area contributed by atoms with Gasteiger partial charge in [-0.05, 0) is 44.9 Å². The minimum atomic E-state index is -0.162. The van der Waals surface area contributed by atoms with Crippen LogP contribution in [0.5, 0.6) is 5.75 Å². The number of nitrogens with one attached hydrogen (secondary N) is 1. The molecule has 25 heavy (non-hydrogen) atoms. The number of esters is 1. The zero-order valence-electron chi connectivity index (χ0n) is 15.9. The van der Waals surface area contributed by atoms with Crippen LogP contribution in [0.25, 0.3) is 0 Å². The van der Waals surface area contributed by atoms with E-state index in [4.69, 9.17) is 9.47 Å². The lowest BCUT2D eigenvalue weighted by molar-refractivity contribution is -0.143. The van der Waals surface area contributed by atoms with Crippen molar-refractivity contribution in [1.29, 1.82) is 0 Å². The average molecular weight is 349 g/mol. The first-order chi connectivity index (χ1) is 12.1. The van der Waals surface area contributed by atoms with Crippen LogP contribution in [0.4, 0.5) is 0 Å². The van der Waals surface area contributed by atoms with E-state index in [9.17, 15) is 4.79 Å². The molecule has 0 radical (unpaired) electrons. The Labute approximate surface area is 151 Å². The fraction of sp³-hybridized carbons (Fsp3) is 0.579. The Morgan fingerprint density at radius 1 is 1.16 bits per heavy atom. The van der Waals surface area contributed by atoms with Gasteiger partial charge in [-0.2, -0.15) is 0 Å². The van der Waals surface area contributed by atoms with Gasteiger partial charge in [-0.25, -0.2) is 0 Å². The molecule has 0 amide bonds. The van der Waals surface area contributed by atoms with Crippen LogP contribution >= 0.6 is 0 Å². The molecule has 0 atom stereocenters. The van der Waals surface area contributed by atoms with Crippen molar-refractivity contribution in [3.05, 3.63) is 29.8 Å². The van der Waals surface area contributed by atoms with Gasteiger partial charge in [0, 0.05) is 33.1 Å².